The lowest BCUT2D eigenvalue weighted by Gasteiger charge is -2.10. The molecule has 2 aromatic rings. The van der Waals surface area contributed by atoms with Crippen molar-refractivity contribution in [3.63, 3.8) is 0 Å². The first-order chi connectivity index (χ1) is 9.65. The van der Waals surface area contributed by atoms with Crippen LogP contribution in [0.15, 0.2) is 5.16 Å². The molecule has 0 aliphatic heterocycles. The van der Waals surface area contributed by atoms with Crippen molar-refractivity contribution < 1.29 is 4.79 Å². The summed E-state index contributed by atoms with van der Waals surface area (Å²) in [5.41, 5.74) is 12.6. The maximum absolute atomic E-state index is 10.7. The number of nitrogens with two attached hydrogens (primary N) is 2. The first-order valence-electron chi connectivity index (χ1n) is 6.64. The molecule has 20 heavy (non-hydrogen) atoms. The van der Waals surface area contributed by atoms with E-state index in [0.717, 1.165) is 23.1 Å². The summed E-state index contributed by atoms with van der Waals surface area (Å²) in [4.78, 5) is 22.1. The number of carbonyl (C=O) groups excluding carboxylic acids is 1. The van der Waals surface area contributed by atoms with Crippen LogP contribution < -0.4 is 11.5 Å². The quantitative estimate of drug-likeness (QED) is 0.666. The second kappa shape index (κ2) is 5.57. The highest BCUT2D eigenvalue weighted by Crippen LogP contribution is 2.38. The van der Waals surface area contributed by atoms with Gasteiger partial charge in [0.05, 0.1) is 5.39 Å². The number of thioether (sulfide) groups is 1. The van der Waals surface area contributed by atoms with Gasteiger partial charge < -0.3 is 11.5 Å². The molecule has 7 heteroatoms. The number of amides is 1. The molecule has 1 aliphatic rings. The molecule has 2 aromatic heterocycles. The number of aryl methyl sites for hydroxylation is 2. The number of anilines is 1. The highest BCUT2D eigenvalue weighted by molar-refractivity contribution is 7.99. The Bertz CT molecular complexity index is 668. The van der Waals surface area contributed by atoms with Crippen LogP contribution in [0.25, 0.3) is 10.2 Å². The molecule has 0 saturated carbocycles. The average molecular weight is 308 g/mol. The van der Waals surface area contributed by atoms with Crippen molar-refractivity contribution in [3.8, 4) is 0 Å². The van der Waals surface area contributed by atoms with E-state index in [1.54, 1.807) is 11.3 Å². The zero-order valence-corrected chi connectivity index (χ0v) is 12.6. The molecule has 1 amide bonds. The van der Waals surface area contributed by atoms with E-state index in [4.69, 9.17) is 11.5 Å². The number of rotatable bonds is 4. The first-order valence-corrected chi connectivity index (χ1v) is 8.44. The van der Waals surface area contributed by atoms with Gasteiger partial charge in [0.15, 0.2) is 5.16 Å². The third kappa shape index (κ3) is 2.60. The lowest BCUT2D eigenvalue weighted by atomic mass is 9.97. The van der Waals surface area contributed by atoms with Crippen molar-refractivity contribution >= 4 is 45.0 Å². The largest absolute Gasteiger partial charge is 0.383 e. The fourth-order valence-corrected chi connectivity index (χ4v) is 4.60. The second-order valence-corrected chi connectivity index (χ2v) is 6.99. The van der Waals surface area contributed by atoms with Crippen LogP contribution in [0.4, 0.5) is 5.82 Å². The van der Waals surface area contributed by atoms with Gasteiger partial charge in [0.2, 0.25) is 5.91 Å². The molecule has 2 heterocycles. The monoisotopic (exact) mass is 308 g/mol. The van der Waals surface area contributed by atoms with Gasteiger partial charge in [0, 0.05) is 17.1 Å². The van der Waals surface area contributed by atoms with E-state index in [0.29, 0.717) is 23.1 Å². The smallest absolute Gasteiger partial charge is 0.218 e. The van der Waals surface area contributed by atoms with E-state index in [-0.39, 0.29) is 5.91 Å². The summed E-state index contributed by atoms with van der Waals surface area (Å²) < 4.78 is 0. The summed E-state index contributed by atoms with van der Waals surface area (Å²) >= 11 is 3.16. The Labute approximate surface area is 125 Å². The Kier molecular flexibility index (Phi) is 3.80. The fraction of sp³-hybridized carbons (Fsp3) is 0.462. The molecule has 5 nitrogen and oxygen atoms in total. The number of carbonyl (C=O) groups is 1. The van der Waals surface area contributed by atoms with E-state index in [1.165, 1.54) is 35.0 Å². The topological polar surface area (TPSA) is 94.9 Å². The molecule has 0 bridgehead atoms. The van der Waals surface area contributed by atoms with Gasteiger partial charge in [-0.15, -0.1) is 11.3 Å². The van der Waals surface area contributed by atoms with Gasteiger partial charge in [-0.2, -0.15) is 0 Å². The van der Waals surface area contributed by atoms with Gasteiger partial charge in [-0.3, -0.25) is 4.79 Å². The Hall–Kier alpha value is -1.34. The van der Waals surface area contributed by atoms with Crippen molar-refractivity contribution in [2.75, 3.05) is 11.5 Å². The zero-order valence-electron chi connectivity index (χ0n) is 11.0. The molecule has 0 unspecified atom stereocenters. The molecular formula is C13H16N4OS2. The third-order valence-corrected chi connectivity index (χ3v) is 5.44. The minimum Gasteiger partial charge on any atom is -0.383 e. The Morgan fingerprint density at radius 2 is 2.10 bits per heavy atom. The Morgan fingerprint density at radius 1 is 1.30 bits per heavy atom. The summed E-state index contributed by atoms with van der Waals surface area (Å²) in [5, 5.41) is 1.68. The minimum atomic E-state index is -0.307. The van der Waals surface area contributed by atoms with Crippen molar-refractivity contribution in [1.29, 1.82) is 0 Å². The predicted molar refractivity (Wildman–Crippen MR) is 83.0 cm³/mol. The zero-order chi connectivity index (χ0) is 14.1. The molecule has 3 rings (SSSR count). The van der Waals surface area contributed by atoms with Crippen molar-refractivity contribution in [1.82, 2.24) is 9.97 Å². The molecule has 0 saturated heterocycles. The van der Waals surface area contributed by atoms with Crippen LogP contribution in [-0.2, 0) is 17.6 Å². The number of thiophene rings is 1. The van der Waals surface area contributed by atoms with Crippen molar-refractivity contribution in [2.45, 2.75) is 37.3 Å². The second-order valence-electron chi connectivity index (χ2n) is 4.85. The summed E-state index contributed by atoms with van der Waals surface area (Å²) in [6.45, 7) is 0. The number of hydrogen-bond acceptors (Lipinski definition) is 6. The highest BCUT2D eigenvalue weighted by atomic mass is 32.2. The van der Waals surface area contributed by atoms with Crippen molar-refractivity contribution in [3.05, 3.63) is 10.4 Å². The first kappa shape index (κ1) is 13.6. The number of primary amides is 1. The molecule has 0 atom stereocenters. The standard InChI is InChI=1S/C13H16N4OS2/c14-9(18)5-6-19-13-16-11(15)10-7-3-1-2-4-8(7)20-12(10)17-13/h1-6H2,(H2,14,18)(H2,15,16,17). The van der Waals surface area contributed by atoms with Crippen LogP contribution in [0, 0.1) is 0 Å². The van der Waals surface area contributed by atoms with Gasteiger partial charge in [-0.05, 0) is 31.2 Å². The van der Waals surface area contributed by atoms with E-state index in [2.05, 4.69) is 9.97 Å². The fourth-order valence-electron chi connectivity index (χ4n) is 2.47. The maximum atomic E-state index is 10.7. The van der Waals surface area contributed by atoms with Gasteiger partial charge >= 0.3 is 0 Å². The van der Waals surface area contributed by atoms with Crippen LogP contribution in [-0.4, -0.2) is 21.6 Å². The van der Waals surface area contributed by atoms with E-state index in [9.17, 15) is 4.79 Å². The number of nitrogen functional groups attached to an aromatic ring is 1. The summed E-state index contributed by atoms with van der Waals surface area (Å²) in [7, 11) is 0. The SMILES string of the molecule is NC(=O)CCSc1nc(N)c2c3c(sc2n1)CCCC3. The highest BCUT2D eigenvalue weighted by Gasteiger charge is 2.20. The van der Waals surface area contributed by atoms with E-state index < -0.39 is 0 Å². The van der Waals surface area contributed by atoms with Gasteiger partial charge in [-0.1, -0.05) is 11.8 Å². The molecule has 0 spiro atoms. The molecule has 0 aromatic carbocycles. The van der Waals surface area contributed by atoms with E-state index in [1.807, 2.05) is 0 Å². The minimum absolute atomic E-state index is 0.307. The lowest BCUT2D eigenvalue weighted by Crippen LogP contribution is -2.11. The average Bonchev–Trinajstić information content (AvgIpc) is 2.76. The van der Waals surface area contributed by atoms with Gasteiger partial charge in [0.1, 0.15) is 10.6 Å². The Morgan fingerprint density at radius 3 is 2.90 bits per heavy atom. The summed E-state index contributed by atoms with van der Waals surface area (Å²) in [5.74, 6) is 0.847. The molecule has 0 fully saturated rings. The van der Waals surface area contributed by atoms with Gasteiger partial charge in [0.25, 0.3) is 0 Å². The normalized spacial score (nSPS) is 14.4. The molecule has 106 valence electrons. The summed E-state index contributed by atoms with van der Waals surface area (Å²) in [6, 6.07) is 0. The lowest BCUT2D eigenvalue weighted by molar-refractivity contribution is -0.117. The van der Waals surface area contributed by atoms with Crippen molar-refractivity contribution in [2.24, 2.45) is 5.73 Å². The molecule has 4 N–H and O–H groups in total. The number of nitrogens with zero attached hydrogens (tertiary/aromatic N) is 2. The van der Waals surface area contributed by atoms with Gasteiger partial charge in [-0.25, -0.2) is 9.97 Å². The number of fused-ring (bicyclic) bond motifs is 3. The van der Waals surface area contributed by atoms with Crippen LogP contribution in [0.1, 0.15) is 29.7 Å². The summed E-state index contributed by atoms with van der Waals surface area (Å²) in [6.07, 6.45) is 4.99. The van der Waals surface area contributed by atoms with Crippen LogP contribution in [0.5, 0.6) is 0 Å². The van der Waals surface area contributed by atoms with E-state index >= 15 is 0 Å². The maximum Gasteiger partial charge on any atom is 0.218 e. The van der Waals surface area contributed by atoms with Crippen LogP contribution >= 0.6 is 23.1 Å². The van der Waals surface area contributed by atoms with Crippen LogP contribution in [0.2, 0.25) is 0 Å². The Balaban J connectivity index is 1.91. The number of hydrogen-bond donors (Lipinski definition) is 2. The predicted octanol–water partition coefficient (Wildman–Crippen LogP) is 2.12. The van der Waals surface area contributed by atoms with Crippen LogP contribution in [0.3, 0.4) is 0 Å². The molecular weight excluding hydrogens is 292 g/mol. The third-order valence-electron chi connectivity index (χ3n) is 3.40. The molecule has 1 aliphatic carbocycles. The number of aromatic nitrogens is 2. The molecule has 0 radical (unpaired) electrons.